The Labute approximate surface area is 142 Å². The van der Waals surface area contributed by atoms with Gasteiger partial charge in [0.25, 0.3) is 0 Å². The Hall–Kier alpha value is -1.96. The molecule has 2 aromatic heterocycles. The summed E-state index contributed by atoms with van der Waals surface area (Å²) in [6.07, 6.45) is 5.40. The first-order chi connectivity index (χ1) is 11.3. The molecule has 130 valence electrons. The number of aromatic nitrogens is 4. The van der Waals surface area contributed by atoms with Gasteiger partial charge in [-0.2, -0.15) is 5.10 Å². The smallest absolute Gasteiger partial charge is 0.225 e. The highest BCUT2D eigenvalue weighted by Gasteiger charge is 2.25. The Morgan fingerprint density at radius 1 is 1.29 bits per heavy atom. The summed E-state index contributed by atoms with van der Waals surface area (Å²) in [5.41, 5.74) is 2.63. The number of anilines is 1. The zero-order valence-electron chi connectivity index (χ0n) is 14.3. The third-order valence-electron chi connectivity index (χ3n) is 4.34. The number of rotatable bonds is 4. The fourth-order valence-corrected chi connectivity index (χ4v) is 4.14. The average molecular weight is 349 g/mol. The van der Waals surface area contributed by atoms with E-state index in [1.54, 1.807) is 0 Å². The molecule has 1 N–H and O–H groups in total. The van der Waals surface area contributed by atoms with Crippen molar-refractivity contribution in [3.8, 4) is 0 Å². The molecule has 1 aliphatic rings. The maximum absolute atomic E-state index is 11.8. The number of aryl methyl sites for hydroxylation is 2. The van der Waals surface area contributed by atoms with Crippen LogP contribution in [0.25, 0.3) is 0 Å². The van der Waals surface area contributed by atoms with Gasteiger partial charge in [0.2, 0.25) is 5.95 Å². The Kier molecular flexibility index (Phi) is 4.58. The molecule has 3 heterocycles. The molecule has 1 aliphatic heterocycles. The molecule has 0 spiro atoms. The number of aromatic amines is 1. The quantitative estimate of drug-likeness (QED) is 0.903. The highest BCUT2D eigenvalue weighted by atomic mass is 32.2. The van der Waals surface area contributed by atoms with Gasteiger partial charge in [0.05, 0.1) is 11.9 Å². The summed E-state index contributed by atoms with van der Waals surface area (Å²) in [7, 11) is -3.25. The molecule has 1 unspecified atom stereocenters. The van der Waals surface area contributed by atoms with Gasteiger partial charge in [0, 0.05) is 30.7 Å². The number of sulfone groups is 1. The van der Waals surface area contributed by atoms with Gasteiger partial charge in [-0.15, -0.1) is 0 Å². The van der Waals surface area contributed by atoms with E-state index in [1.165, 1.54) is 12.5 Å². The highest BCUT2D eigenvalue weighted by molar-refractivity contribution is 7.90. The summed E-state index contributed by atoms with van der Waals surface area (Å²) in [6.45, 7) is 5.71. The second-order valence-corrected chi connectivity index (χ2v) is 8.58. The van der Waals surface area contributed by atoms with E-state index in [4.69, 9.17) is 0 Å². The molecular formula is C16H23N5O2S. The second kappa shape index (κ2) is 6.51. The Bertz CT molecular complexity index is 810. The molecule has 0 bridgehead atoms. The fourth-order valence-electron chi connectivity index (χ4n) is 3.32. The largest absolute Gasteiger partial charge is 0.341 e. The van der Waals surface area contributed by atoms with Crippen molar-refractivity contribution in [2.24, 2.45) is 5.92 Å². The lowest BCUT2D eigenvalue weighted by Gasteiger charge is -2.33. The topological polar surface area (TPSA) is 91.8 Å². The minimum atomic E-state index is -3.25. The van der Waals surface area contributed by atoms with Crippen LogP contribution in [-0.2, 0) is 16.3 Å². The molecule has 24 heavy (non-hydrogen) atoms. The third-order valence-corrected chi connectivity index (χ3v) is 5.49. The summed E-state index contributed by atoms with van der Waals surface area (Å²) in [6, 6.07) is 1.97. The van der Waals surface area contributed by atoms with Crippen molar-refractivity contribution in [3.05, 3.63) is 29.3 Å². The van der Waals surface area contributed by atoms with Gasteiger partial charge in [0.1, 0.15) is 4.90 Å². The van der Waals surface area contributed by atoms with E-state index >= 15 is 0 Å². The molecule has 8 heteroatoms. The van der Waals surface area contributed by atoms with E-state index in [1.807, 2.05) is 19.9 Å². The molecule has 3 rings (SSSR count). The average Bonchev–Trinajstić information content (AvgIpc) is 2.95. The molecule has 1 saturated heterocycles. The number of H-pyrrole nitrogens is 1. The van der Waals surface area contributed by atoms with E-state index in [0.717, 1.165) is 43.3 Å². The Balaban J connectivity index is 1.76. The maximum Gasteiger partial charge on any atom is 0.225 e. The lowest BCUT2D eigenvalue weighted by atomic mass is 9.93. The molecule has 2 aromatic rings. The van der Waals surface area contributed by atoms with Crippen LogP contribution in [0.2, 0.25) is 0 Å². The van der Waals surface area contributed by atoms with Crippen LogP contribution in [0.15, 0.2) is 17.2 Å². The zero-order chi connectivity index (χ0) is 17.3. The van der Waals surface area contributed by atoms with Gasteiger partial charge in [-0.05, 0) is 45.1 Å². The molecular weight excluding hydrogens is 326 g/mol. The fraction of sp³-hybridized carbons (Fsp3) is 0.562. The number of hydrogen-bond donors (Lipinski definition) is 1. The lowest BCUT2D eigenvalue weighted by Crippen LogP contribution is -2.37. The van der Waals surface area contributed by atoms with Gasteiger partial charge in [-0.25, -0.2) is 18.4 Å². The van der Waals surface area contributed by atoms with Gasteiger partial charge in [-0.3, -0.25) is 5.10 Å². The normalized spacial score (nSPS) is 18.8. The van der Waals surface area contributed by atoms with Crippen LogP contribution in [0, 0.1) is 19.8 Å². The van der Waals surface area contributed by atoms with Gasteiger partial charge < -0.3 is 4.90 Å². The van der Waals surface area contributed by atoms with Crippen molar-refractivity contribution in [1.82, 2.24) is 20.2 Å². The van der Waals surface area contributed by atoms with Crippen molar-refractivity contribution in [2.75, 3.05) is 24.2 Å². The van der Waals surface area contributed by atoms with Crippen molar-refractivity contribution in [1.29, 1.82) is 0 Å². The van der Waals surface area contributed by atoms with Crippen LogP contribution < -0.4 is 4.90 Å². The third kappa shape index (κ3) is 3.75. The van der Waals surface area contributed by atoms with E-state index in [9.17, 15) is 8.42 Å². The maximum atomic E-state index is 11.8. The van der Waals surface area contributed by atoms with Crippen molar-refractivity contribution in [2.45, 2.75) is 38.0 Å². The van der Waals surface area contributed by atoms with Gasteiger partial charge in [-0.1, -0.05) is 0 Å². The molecule has 7 nitrogen and oxygen atoms in total. The van der Waals surface area contributed by atoms with Gasteiger partial charge in [0.15, 0.2) is 9.84 Å². The Morgan fingerprint density at radius 3 is 2.67 bits per heavy atom. The van der Waals surface area contributed by atoms with Crippen molar-refractivity contribution < 1.29 is 8.42 Å². The van der Waals surface area contributed by atoms with Crippen LogP contribution in [0.5, 0.6) is 0 Å². The summed E-state index contributed by atoms with van der Waals surface area (Å²) in [5, 5.41) is 6.77. The summed E-state index contributed by atoms with van der Waals surface area (Å²) >= 11 is 0. The lowest BCUT2D eigenvalue weighted by molar-refractivity contribution is 0.403. The first kappa shape index (κ1) is 16.9. The highest BCUT2D eigenvalue weighted by Crippen LogP contribution is 2.25. The molecule has 0 amide bonds. The Morgan fingerprint density at radius 2 is 2.00 bits per heavy atom. The zero-order valence-corrected chi connectivity index (χ0v) is 15.1. The van der Waals surface area contributed by atoms with Crippen molar-refractivity contribution >= 4 is 15.8 Å². The number of nitrogens with zero attached hydrogens (tertiary/aromatic N) is 4. The molecule has 0 saturated carbocycles. The number of hydrogen-bond acceptors (Lipinski definition) is 6. The van der Waals surface area contributed by atoms with Crippen molar-refractivity contribution in [3.63, 3.8) is 0 Å². The predicted octanol–water partition coefficient (Wildman–Crippen LogP) is 1.68. The molecule has 0 aromatic carbocycles. The predicted molar refractivity (Wildman–Crippen MR) is 91.8 cm³/mol. The summed E-state index contributed by atoms with van der Waals surface area (Å²) < 4.78 is 23.7. The van der Waals surface area contributed by atoms with E-state index < -0.39 is 9.84 Å². The van der Waals surface area contributed by atoms with Crippen LogP contribution in [0.4, 0.5) is 5.95 Å². The van der Waals surface area contributed by atoms with Crippen LogP contribution >= 0.6 is 0 Å². The molecule has 1 fully saturated rings. The first-order valence-corrected chi connectivity index (χ1v) is 10.0. The van der Waals surface area contributed by atoms with E-state index in [0.29, 0.717) is 22.9 Å². The van der Waals surface area contributed by atoms with E-state index in [2.05, 4.69) is 25.1 Å². The molecule has 0 aliphatic carbocycles. The second-order valence-electron chi connectivity index (χ2n) is 6.59. The van der Waals surface area contributed by atoms with E-state index in [-0.39, 0.29) is 0 Å². The van der Waals surface area contributed by atoms with Crippen LogP contribution in [0.1, 0.15) is 29.9 Å². The monoisotopic (exact) mass is 349 g/mol. The molecule has 0 radical (unpaired) electrons. The van der Waals surface area contributed by atoms with Crippen LogP contribution in [-0.4, -0.2) is 47.9 Å². The van der Waals surface area contributed by atoms with Crippen LogP contribution in [0.3, 0.4) is 0 Å². The van der Waals surface area contributed by atoms with Gasteiger partial charge >= 0.3 is 0 Å². The molecule has 1 atom stereocenters. The standard InChI is InChI=1S/C16H23N5O2S/c1-11-7-12(2)19-16(18-11)21-6-4-5-13(10-21)8-14-15(9-17-20-14)24(3,22)23/h7,9,13H,4-6,8,10H2,1-3H3,(H,17,20). The summed E-state index contributed by atoms with van der Waals surface area (Å²) in [5.74, 6) is 1.12. The first-order valence-electron chi connectivity index (χ1n) is 8.12. The summed E-state index contributed by atoms with van der Waals surface area (Å²) in [4.78, 5) is 11.6. The minimum absolute atomic E-state index is 0.308. The minimum Gasteiger partial charge on any atom is -0.341 e. The SMILES string of the molecule is Cc1cc(C)nc(N2CCCC(Cc3[nH]ncc3S(C)(=O)=O)C2)n1. The number of piperidine rings is 1. The number of nitrogens with one attached hydrogen (secondary N) is 1.